The summed E-state index contributed by atoms with van der Waals surface area (Å²) in [5.41, 5.74) is 0. The van der Waals surface area contributed by atoms with E-state index in [1.807, 2.05) is 0 Å². The van der Waals surface area contributed by atoms with Crippen molar-refractivity contribution in [3.63, 3.8) is 0 Å². The highest BCUT2D eigenvalue weighted by Crippen LogP contribution is 2.15. The first-order valence-corrected chi connectivity index (χ1v) is 6.66. The van der Waals surface area contributed by atoms with E-state index in [1.54, 1.807) is 4.90 Å². The van der Waals surface area contributed by atoms with Crippen LogP contribution >= 0.6 is 0 Å². The van der Waals surface area contributed by atoms with E-state index < -0.39 is 24.6 Å². The highest BCUT2D eigenvalue weighted by molar-refractivity contribution is 5.82. The number of urea groups is 1. The second-order valence-corrected chi connectivity index (χ2v) is 4.63. The number of nitrogens with zero attached hydrogens (tertiary/aromatic N) is 2. The summed E-state index contributed by atoms with van der Waals surface area (Å²) < 4.78 is 0. The van der Waals surface area contributed by atoms with Crippen LogP contribution in [0.15, 0.2) is 0 Å². The molecule has 0 aromatic rings. The van der Waals surface area contributed by atoms with Crippen LogP contribution in [0.2, 0.25) is 0 Å². The molecule has 2 amide bonds. The van der Waals surface area contributed by atoms with E-state index in [0.29, 0.717) is 19.1 Å². The summed E-state index contributed by atoms with van der Waals surface area (Å²) in [4.78, 5) is 26.5. The van der Waals surface area contributed by atoms with Crippen LogP contribution < -0.4 is 5.32 Å². The van der Waals surface area contributed by atoms with Gasteiger partial charge in [0.25, 0.3) is 0 Å². The van der Waals surface area contributed by atoms with Crippen LogP contribution in [0.1, 0.15) is 20.3 Å². The van der Waals surface area contributed by atoms with Crippen molar-refractivity contribution in [2.75, 3.05) is 32.8 Å². The molecule has 0 aromatic carbocycles. The molecule has 3 N–H and O–H groups in total. The monoisotopic (exact) mass is 273 g/mol. The van der Waals surface area contributed by atoms with Gasteiger partial charge in [-0.1, -0.05) is 13.8 Å². The molecule has 0 bridgehead atoms. The molecule has 1 aliphatic heterocycles. The van der Waals surface area contributed by atoms with Crippen molar-refractivity contribution >= 4 is 12.0 Å². The van der Waals surface area contributed by atoms with Crippen molar-refractivity contribution in [2.45, 2.75) is 32.4 Å². The molecule has 1 fully saturated rings. The number of aliphatic hydroxyl groups is 1. The van der Waals surface area contributed by atoms with Crippen LogP contribution in [0.3, 0.4) is 0 Å². The van der Waals surface area contributed by atoms with Gasteiger partial charge in [0.2, 0.25) is 0 Å². The quantitative estimate of drug-likeness (QED) is 0.610. The fourth-order valence-electron chi connectivity index (χ4n) is 2.39. The SMILES string of the molecule is CCN(CC)C1CCN(C(=O)NC(CO)C(=O)O)C1. The third-order valence-electron chi connectivity index (χ3n) is 3.56. The second-order valence-electron chi connectivity index (χ2n) is 4.63. The maximum Gasteiger partial charge on any atom is 0.328 e. The van der Waals surface area contributed by atoms with E-state index in [0.717, 1.165) is 19.5 Å². The molecule has 0 aliphatic carbocycles. The first-order valence-electron chi connectivity index (χ1n) is 6.66. The molecule has 2 atom stereocenters. The van der Waals surface area contributed by atoms with Gasteiger partial charge in [-0.25, -0.2) is 9.59 Å². The highest BCUT2D eigenvalue weighted by atomic mass is 16.4. The lowest BCUT2D eigenvalue weighted by Crippen LogP contribution is -2.49. The molecule has 1 saturated heterocycles. The number of carbonyl (C=O) groups excluding carboxylic acids is 1. The van der Waals surface area contributed by atoms with Gasteiger partial charge in [0.05, 0.1) is 6.61 Å². The fraction of sp³-hybridized carbons (Fsp3) is 0.833. The number of likely N-dealkylation sites (tertiary alicyclic amines) is 1. The maximum absolute atomic E-state index is 11.9. The Bertz CT molecular complexity index is 320. The number of hydrogen-bond donors (Lipinski definition) is 3. The summed E-state index contributed by atoms with van der Waals surface area (Å²) in [6.45, 7) is 6.65. The molecular formula is C12H23N3O4. The fourth-order valence-corrected chi connectivity index (χ4v) is 2.39. The highest BCUT2D eigenvalue weighted by Gasteiger charge is 2.30. The number of rotatable bonds is 6. The van der Waals surface area contributed by atoms with Gasteiger partial charge in [0.1, 0.15) is 0 Å². The molecule has 7 nitrogen and oxygen atoms in total. The largest absolute Gasteiger partial charge is 0.480 e. The summed E-state index contributed by atoms with van der Waals surface area (Å²) in [5.74, 6) is -1.23. The molecule has 0 radical (unpaired) electrons. The van der Waals surface area contributed by atoms with Crippen molar-refractivity contribution < 1.29 is 19.8 Å². The number of aliphatic carboxylic acids is 1. The maximum atomic E-state index is 11.9. The molecule has 0 aromatic heterocycles. The zero-order chi connectivity index (χ0) is 14.4. The Morgan fingerprint density at radius 1 is 1.42 bits per heavy atom. The third-order valence-corrected chi connectivity index (χ3v) is 3.56. The average Bonchev–Trinajstić information content (AvgIpc) is 2.86. The van der Waals surface area contributed by atoms with Crippen LogP contribution in [0.5, 0.6) is 0 Å². The van der Waals surface area contributed by atoms with Crippen LogP contribution in [0, 0.1) is 0 Å². The lowest BCUT2D eigenvalue weighted by atomic mass is 10.2. The molecule has 1 rings (SSSR count). The first-order chi connectivity index (χ1) is 9.03. The second kappa shape index (κ2) is 7.30. The standard InChI is InChI=1S/C12H23N3O4/c1-3-14(4-2)9-5-6-15(7-9)12(19)13-10(8-16)11(17)18/h9-10,16H,3-8H2,1-2H3,(H,13,19)(H,17,18). The lowest BCUT2D eigenvalue weighted by molar-refractivity contribution is -0.140. The minimum atomic E-state index is -1.24. The van der Waals surface area contributed by atoms with Gasteiger partial charge in [0.15, 0.2) is 6.04 Å². The van der Waals surface area contributed by atoms with Crippen molar-refractivity contribution in [3.05, 3.63) is 0 Å². The lowest BCUT2D eigenvalue weighted by Gasteiger charge is -2.26. The number of hydrogen-bond acceptors (Lipinski definition) is 4. The number of carbonyl (C=O) groups is 2. The molecule has 0 saturated carbocycles. The van der Waals surface area contributed by atoms with E-state index in [2.05, 4.69) is 24.1 Å². The van der Waals surface area contributed by atoms with Crippen LogP contribution in [0.4, 0.5) is 4.79 Å². The van der Waals surface area contributed by atoms with Crippen molar-refractivity contribution in [2.24, 2.45) is 0 Å². The van der Waals surface area contributed by atoms with E-state index in [9.17, 15) is 9.59 Å². The van der Waals surface area contributed by atoms with Crippen LogP contribution in [-0.4, -0.2) is 76.9 Å². The predicted molar refractivity (Wildman–Crippen MR) is 69.9 cm³/mol. The molecule has 1 aliphatic rings. The number of likely N-dealkylation sites (N-methyl/N-ethyl adjacent to an activating group) is 1. The predicted octanol–water partition coefficient (Wildman–Crippen LogP) is -0.442. The van der Waals surface area contributed by atoms with Crippen molar-refractivity contribution in [1.82, 2.24) is 15.1 Å². The third kappa shape index (κ3) is 4.07. The number of carboxylic acids is 1. The average molecular weight is 273 g/mol. The number of carboxylic acid groups (broad SMARTS) is 1. The van der Waals surface area contributed by atoms with Crippen LogP contribution in [-0.2, 0) is 4.79 Å². The Labute approximate surface area is 113 Å². The first kappa shape index (κ1) is 15.7. The van der Waals surface area contributed by atoms with E-state index in [-0.39, 0.29) is 0 Å². The summed E-state index contributed by atoms with van der Waals surface area (Å²) >= 11 is 0. The van der Waals surface area contributed by atoms with Gasteiger partial charge in [-0.3, -0.25) is 4.90 Å². The zero-order valence-corrected chi connectivity index (χ0v) is 11.5. The number of nitrogens with one attached hydrogen (secondary N) is 1. The minimum Gasteiger partial charge on any atom is -0.480 e. The van der Waals surface area contributed by atoms with Gasteiger partial charge in [0, 0.05) is 19.1 Å². The summed E-state index contributed by atoms with van der Waals surface area (Å²) in [6, 6.07) is -1.32. The summed E-state index contributed by atoms with van der Waals surface area (Å²) in [7, 11) is 0. The van der Waals surface area contributed by atoms with E-state index in [1.165, 1.54) is 0 Å². The molecule has 110 valence electrons. The Kier molecular flexibility index (Phi) is 6.04. The van der Waals surface area contributed by atoms with Gasteiger partial charge < -0.3 is 20.4 Å². The van der Waals surface area contributed by atoms with Gasteiger partial charge >= 0.3 is 12.0 Å². The molecule has 2 unspecified atom stereocenters. The van der Waals surface area contributed by atoms with Gasteiger partial charge in [-0.15, -0.1) is 0 Å². The molecule has 0 spiro atoms. The minimum absolute atomic E-state index is 0.332. The Balaban J connectivity index is 2.50. The smallest absolute Gasteiger partial charge is 0.328 e. The topological polar surface area (TPSA) is 93.1 Å². The van der Waals surface area contributed by atoms with E-state index >= 15 is 0 Å². The summed E-state index contributed by atoms with van der Waals surface area (Å²) in [5, 5.41) is 20.0. The van der Waals surface area contributed by atoms with E-state index in [4.69, 9.17) is 10.2 Å². The number of amides is 2. The molecular weight excluding hydrogens is 250 g/mol. The molecule has 19 heavy (non-hydrogen) atoms. The normalized spacial score (nSPS) is 20.6. The zero-order valence-electron chi connectivity index (χ0n) is 11.5. The Hall–Kier alpha value is -1.34. The molecule has 1 heterocycles. The van der Waals surface area contributed by atoms with Gasteiger partial charge in [-0.2, -0.15) is 0 Å². The van der Waals surface area contributed by atoms with Crippen LogP contribution in [0.25, 0.3) is 0 Å². The van der Waals surface area contributed by atoms with Crippen molar-refractivity contribution in [1.29, 1.82) is 0 Å². The molecule has 7 heteroatoms. The summed E-state index contributed by atoms with van der Waals surface area (Å²) in [6.07, 6.45) is 0.895. The Morgan fingerprint density at radius 3 is 2.53 bits per heavy atom. The van der Waals surface area contributed by atoms with Gasteiger partial charge in [-0.05, 0) is 19.5 Å². The Morgan fingerprint density at radius 2 is 2.05 bits per heavy atom. The van der Waals surface area contributed by atoms with Crippen molar-refractivity contribution in [3.8, 4) is 0 Å². The number of aliphatic hydroxyl groups excluding tert-OH is 1.